The van der Waals surface area contributed by atoms with Crippen LogP contribution in [0.25, 0.3) is 11.4 Å². The first-order valence-corrected chi connectivity index (χ1v) is 14.7. The van der Waals surface area contributed by atoms with Gasteiger partial charge in [0.2, 0.25) is 6.10 Å². The highest BCUT2D eigenvalue weighted by Crippen LogP contribution is 2.24. The van der Waals surface area contributed by atoms with E-state index in [4.69, 9.17) is 9.47 Å². The second-order valence-corrected chi connectivity index (χ2v) is 10.7. The van der Waals surface area contributed by atoms with Crippen LogP contribution in [0.3, 0.4) is 0 Å². The zero-order chi connectivity index (χ0) is 30.5. The molecule has 2 unspecified atom stereocenters. The van der Waals surface area contributed by atoms with Crippen LogP contribution in [-0.4, -0.2) is 101 Å². The topological polar surface area (TPSA) is 167 Å². The average Bonchev–Trinajstić information content (AvgIpc) is 3.46. The van der Waals surface area contributed by atoms with Crippen molar-refractivity contribution in [3.63, 3.8) is 0 Å². The van der Waals surface area contributed by atoms with Crippen LogP contribution < -0.4 is 16.0 Å². The lowest BCUT2D eigenvalue weighted by atomic mass is 10.1. The van der Waals surface area contributed by atoms with Crippen molar-refractivity contribution in [3.8, 4) is 11.4 Å². The van der Waals surface area contributed by atoms with Crippen molar-refractivity contribution in [2.75, 3.05) is 55.8 Å². The smallest absolute Gasteiger partial charge is 0.439 e. The molecule has 2 fully saturated rings. The number of aromatic amines is 1. The zero-order valence-corrected chi connectivity index (χ0v) is 24.3. The van der Waals surface area contributed by atoms with Crippen molar-refractivity contribution in [2.24, 2.45) is 0 Å². The van der Waals surface area contributed by atoms with Crippen LogP contribution in [0.2, 0.25) is 0 Å². The van der Waals surface area contributed by atoms with E-state index in [0.29, 0.717) is 35.6 Å². The lowest BCUT2D eigenvalue weighted by Gasteiger charge is -2.35. The van der Waals surface area contributed by atoms with Gasteiger partial charge in [0.05, 0.1) is 6.61 Å². The number of morpholine rings is 1. The van der Waals surface area contributed by atoms with Gasteiger partial charge in [0.1, 0.15) is 0 Å². The molecule has 0 aliphatic carbocycles. The summed E-state index contributed by atoms with van der Waals surface area (Å²) in [7, 11) is 0. The SMILES string of the molecule is CSN1CCN(C(=O)c2ccc(N3CCOC(C(OC(C)=O)C(=O)Nc4ccc(-c5noc(=O)[nH]5)cc4)C3=O)cc2)CC1. The fourth-order valence-electron chi connectivity index (χ4n) is 4.83. The number of ether oxygens (including phenoxy) is 2. The van der Waals surface area contributed by atoms with E-state index in [1.54, 1.807) is 60.5 Å². The number of hydrogen-bond acceptors (Lipinski definition) is 11. The quantitative estimate of drug-likeness (QED) is 0.279. The van der Waals surface area contributed by atoms with Gasteiger partial charge in [-0.2, -0.15) is 0 Å². The Balaban J connectivity index is 1.26. The number of H-pyrrole nitrogens is 1. The Morgan fingerprint density at radius 1 is 1.02 bits per heavy atom. The molecule has 2 aliphatic heterocycles. The van der Waals surface area contributed by atoms with Gasteiger partial charge in [-0.05, 0) is 54.8 Å². The fourth-order valence-corrected chi connectivity index (χ4v) is 5.36. The Morgan fingerprint density at radius 2 is 1.72 bits per heavy atom. The molecule has 2 atom stereocenters. The lowest BCUT2D eigenvalue weighted by Crippen LogP contribution is -2.56. The monoisotopic (exact) mass is 610 g/mol. The highest BCUT2D eigenvalue weighted by Gasteiger charge is 2.42. The van der Waals surface area contributed by atoms with Gasteiger partial charge in [0.25, 0.3) is 17.7 Å². The van der Waals surface area contributed by atoms with E-state index in [9.17, 15) is 24.0 Å². The Kier molecular flexibility index (Phi) is 9.23. The number of hydrogen-bond donors (Lipinski definition) is 2. The van der Waals surface area contributed by atoms with Gasteiger partial charge in [-0.25, -0.2) is 9.10 Å². The summed E-state index contributed by atoms with van der Waals surface area (Å²) in [6, 6.07) is 13.0. The number of rotatable bonds is 8. The maximum Gasteiger partial charge on any atom is 0.439 e. The minimum atomic E-state index is -1.57. The van der Waals surface area contributed by atoms with Crippen LogP contribution >= 0.6 is 11.9 Å². The molecule has 5 rings (SSSR count). The van der Waals surface area contributed by atoms with Gasteiger partial charge >= 0.3 is 11.7 Å². The van der Waals surface area contributed by atoms with E-state index in [2.05, 4.69) is 24.3 Å². The average molecular weight is 611 g/mol. The zero-order valence-electron chi connectivity index (χ0n) is 23.5. The summed E-state index contributed by atoms with van der Waals surface area (Å²) >= 11 is 1.66. The number of carbonyl (C=O) groups is 4. The van der Waals surface area contributed by atoms with E-state index in [1.165, 1.54) is 4.90 Å². The lowest BCUT2D eigenvalue weighted by molar-refractivity contribution is -0.167. The molecule has 3 heterocycles. The molecule has 2 saturated heterocycles. The van der Waals surface area contributed by atoms with Gasteiger partial charge in [0.15, 0.2) is 11.9 Å². The summed E-state index contributed by atoms with van der Waals surface area (Å²) in [4.78, 5) is 68.6. The Bertz CT molecular complexity index is 1530. The number of benzene rings is 2. The van der Waals surface area contributed by atoms with E-state index >= 15 is 0 Å². The molecule has 43 heavy (non-hydrogen) atoms. The molecule has 3 amide bonds. The molecule has 0 radical (unpaired) electrons. The first-order chi connectivity index (χ1) is 20.7. The number of carbonyl (C=O) groups excluding carboxylic acids is 4. The molecule has 0 spiro atoms. The van der Waals surface area contributed by atoms with Crippen LogP contribution in [0.15, 0.2) is 57.8 Å². The van der Waals surface area contributed by atoms with Crippen LogP contribution in [0.1, 0.15) is 17.3 Å². The van der Waals surface area contributed by atoms with Gasteiger partial charge < -0.3 is 24.6 Å². The molecule has 14 nitrogen and oxygen atoms in total. The van der Waals surface area contributed by atoms with E-state index in [-0.39, 0.29) is 24.9 Å². The van der Waals surface area contributed by atoms with Crippen LogP contribution in [0.4, 0.5) is 11.4 Å². The van der Waals surface area contributed by atoms with Crippen molar-refractivity contribution in [2.45, 2.75) is 19.1 Å². The maximum absolute atomic E-state index is 13.5. The van der Waals surface area contributed by atoms with E-state index < -0.39 is 35.7 Å². The predicted octanol–water partition coefficient (Wildman–Crippen LogP) is 1.37. The molecule has 1 aromatic heterocycles. The van der Waals surface area contributed by atoms with Crippen molar-refractivity contribution in [1.29, 1.82) is 0 Å². The normalized spacial score (nSPS) is 18.3. The number of esters is 1. The Hall–Kier alpha value is -4.47. The number of aromatic nitrogens is 2. The summed E-state index contributed by atoms with van der Waals surface area (Å²) in [6.07, 6.45) is -0.952. The predicted molar refractivity (Wildman–Crippen MR) is 156 cm³/mol. The number of anilines is 2. The molecular formula is C28H30N6O8S. The summed E-state index contributed by atoms with van der Waals surface area (Å²) < 4.78 is 17.6. The molecule has 2 aliphatic rings. The van der Waals surface area contributed by atoms with E-state index in [1.807, 2.05) is 11.2 Å². The van der Waals surface area contributed by atoms with Crippen LogP contribution in [-0.2, 0) is 23.9 Å². The van der Waals surface area contributed by atoms with Crippen molar-refractivity contribution < 1.29 is 33.2 Å². The summed E-state index contributed by atoms with van der Waals surface area (Å²) in [6.45, 7) is 4.29. The van der Waals surface area contributed by atoms with Crippen molar-refractivity contribution in [3.05, 3.63) is 64.6 Å². The maximum atomic E-state index is 13.5. The van der Waals surface area contributed by atoms with Crippen molar-refractivity contribution in [1.82, 2.24) is 19.3 Å². The molecule has 2 N–H and O–H groups in total. The summed E-state index contributed by atoms with van der Waals surface area (Å²) in [5.41, 5.74) is 1.90. The molecule has 226 valence electrons. The molecular weight excluding hydrogens is 580 g/mol. The third kappa shape index (κ3) is 6.96. The number of nitrogens with zero attached hydrogens (tertiary/aromatic N) is 4. The summed E-state index contributed by atoms with van der Waals surface area (Å²) in [5, 5.41) is 6.24. The molecule has 2 aromatic carbocycles. The minimum absolute atomic E-state index is 0.0765. The molecule has 0 saturated carbocycles. The minimum Gasteiger partial charge on any atom is -0.449 e. The third-order valence-corrected chi connectivity index (χ3v) is 7.91. The largest absolute Gasteiger partial charge is 0.449 e. The van der Waals surface area contributed by atoms with Gasteiger partial charge in [-0.1, -0.05) is 17.1 Å². The fraction of sp³-hybridized carbons (Fsp3) is 0.357. The Labute approximate surface area is 250 Å². The molecule has 3 aromatic rings. The number of piperazine rings is 1. The van der Waals surface area contributed by atoms with Crippen LogP contribution in [0.5, 0.6) is 0 Å². The first kappa shape index (κ1) is 30.0. The second kappa shape index (κ2) is 13.2. The number of amides is 3. The van der Waals surface area contributed by atoms with Gasteiger partial charge in [-0.3, -0.25) is 28.7 Å². The Morgan fingerprint density at radius 3 is 2.33 bits per heavy atom. The highest BCUT2D eigenvalue weighted by molar-refractivity contribution is 7.96. The summed E-state index contributed by atoms with van der Waals surface area (Å²) in [5.74, 6) is -2.65. The second-order valence-electron chi connectivity index (χ2n) is 9.77. The first-order valence-electron chi connectivity index (χ1n) is 13.5. The number of nitrogens with one attached hydrogen (secondary N) is 2. The molecule has 0 bridgehead atoms. The third-order valence-electron chi connectivity index (χ3n) is 7.02. The van der Waals surface area contributed by atoms with E-state index in [0.717, 1.165) is 20.0 Å². The standard InChI is InChI=1S/C28H30N6O8S/c1-17(35)41-22(25(36)29-20-7-3-18(4-8-20)24-30-28(39)42-31-24)23-27(38)34(15-16-40-23)21-9-5-19(6-10-21)26(37)32-11-13-33(43-2)14-12-32/h3-10,22-23H,11-16H2,1-2H3,(H,29,36)(H,30,31,39). The van der Waals surface area contributed by atoms with Crippen molar-refractivity contribution >= 4 is 47.0 Å². The molecule has 15 heteroatoms. The van der Waals surface area contributed by atoms with Gasteiger partial charge in [-0.15, -0.1) is 0 Å². The highest BCUT2D eigenvalue weighted by atomic mass is 32.2. The van der Waals surface area contributed by atoms with Gasteiger partial charge in [0, 0.05) is 62.1 Å². The van der Waals surface area contributed by atoms with Crippen LogP contribution in [0, 0.1) is 0 Å².